The van der Waals surface area contributed by atoms with Crippen LogP contribution in [0.2, 0.25) is 5.28 Å². The summed E-state index contributed by atoms with van der Waals surface area (Å²) in [6.07, 6.45) is 7.46. The molecule has 49 heavy (non-hydrogen) atoms. The second-order valence-electron chi connectivity index (χ2n) is 12.7. The molecule has 0 bridgehead atoms. The monoisotopic (exact) mass is 793 g/mol. The lowest BCUT2D eigenvalue weighted by atomic mass is 9.90. The van der Waals surface area contributed by atoms with Crippen molar-refractivity contribution in [2.75, 3.05) is 66.6 Å². The van der Waals surface area contributed by atoms with Crippen LogP contribution in [0.3, 0.4) is 0 Å². The van der Waals surface area contributed by atoms with Gasteiger partial charge < -0.3 is 25.0 Å². The molecule has 15 heteroatoms. The first-order valence-corrected chi connectivity index (χ1v) is 20.6. The molecule has 7 heterocycles. The Bertz CT molecular complexity index is 1650. The number of anilines is 3. The Morgan fingerprint density at radius 1 is 0.735 bits per heavy atom. The maximum Gasteiger partial charge on any atom is 0.227 e. The fourth-order valence-corrected chi connectivity index (χ4v) is 9.98. The van der Waals surface area contributed by atoms with Gasteiger partial charge in [-0.2, -0.15) is 9.97 Å². The number of nitrogens with zero attached hydrogens (tertiary/aromatic N) is 5. The van der Waals surface area contributed by atoms with E-state index >= 15 is 0 Å². The average Bonchev–Trinajstić information content (AvgIpc) is 3.68. The first kappa shape index (κ1) is 36.6. The molecule has 8 rings (SSSR count). The molecule has 1 aromatic carbocycles. The number of benzene rings is 1. The van der Waals surface area contributed by atoms with Gasteiger partial charge in [-0.25, -0.2) is 9.97 Å². The fraction of sp³-hybridized carbons (Fsp3) is 0.588. The largest absolute Gasteiger partial charge is 0.381 e. The highest BCUT2D eigenvalue weighted by Crippen LogP contribution is 2.35. The number of hydrogen-bond donors (Lipinski definition) is 2. The van der Waals surface area contributed by atoms with E-state index in [0.717, 1.165) is 122 Å². The lowest BCUT2D eigenvalue weighted by molar-refractivity contribution is 0.0902. The van der Waals surface area contributed by atoms with Crippen LogP contribution in [0.1, 0.15) is 68.8 Å². The highest BCUT2D eigenvalue weighted by molar-refractivity contribution is 9.10. The summed E-state index contributed by atoms with van der Waals surface area (Å²) in [5.41, 5.74) is 3.19. The van der Waals surface area contributed by atoms with Gasteiger partial charge in [-0.3, -0.25) is 8.42 Å². The molecule has 0 aliphatic carbocycles. The van der Waals surface area contributed by atoms with E-state index in [9.17, 15) is 8.42 Å². The number of aryl methyl sites for hydroxylation is 2. The van der Waals surface area contributed by atoms with E-state index in [-0.39, 0.29) is 12.7 Å². The van der Waals surface area contributed by atoms with Crippen molar-refractivity contribution in [2.45, 2.75) is 86.6 Å². The summed E-state index contributed by atoms with van der Waals surface area (Å²) in [4.78, 5) is 21.9. The minimum Gasteiger partial charge on any atom is -0.381 e. The Hall–Kier alpha value is -2.23. The van der Waals surface area contributed by atoms with Crippen LogP contribution in [0.5, 0.6) is 0 Å². The van der Waals surface area contributed by atoms with E-state index in [2.05, 4.69) is 65.7 Å². The van der Waals surface area contributed by atoms with Crippen molar-refractivity contribution in [1.82, 2.24) is 19.9 Å². The first-order valence-electron chi connectivity index (χ1n) is 16.8. The number of rotatable bonds is 6. The zero-order chi connectivity index (χ0) is 33.0. The number of aromatic nitrogens is 4. The van der Waals surface area contributed by atoms with E-state index in [4.69, 9.17) is 31.0 Å². The minimum atomic E-state index is -1.00. The fourth-order valence-electron chi connectivity index (χ4n) is 6.91. The van der Waals surface area contributed by atoms with Crippen LogP contribution in [0, 0.1) is 0 Å². The van der Waals surface area contributed by atoms with E-state index in [0.29, 0.717) is 41.7 Å². The van der Waals surface area contributed by atoms with Crippen LogP contribution < -0.4 is 15.5 Å². The lowest BCUT2D eigenvalue weighted by Gasteiger charge is -2.33. The predicted molar refractivity (Wildman–Crippen MR) is 199 cm³/mol. The van der Waals surface area contributed by atoms with Crippen molar-refractivity contribution in [3.8, 4) is 0 Å². The third-order valence-corrected chi connectivity index (χ3v) is 13.2. The van der Waals surface area contributed by atoms with E-state index in [1.807, 2.05) is 0 Å². The summed E-state index contributed by atoms with van der Waals surface area (Å²) < 4.78 is 36.5. The van der Waals surface area contributed by atoms with Gasteiger partial charge >= 0.3 is 0 Å². The molecule has 0 spiro atoms. The number of ether oxygens (including phenoxy) is 2. The second-order valence-corrected chi connectivity index (χ2v) is 17.0. The Kier molecular flexibility index (Phi) is 12.6. The minimum absolute atomic E-state index is 0. The molecule has 5 aliphatic heterocycles. The topological polar surface area (TPSA) is 131 Å². The molecule has 3 aromatic rings. The van der Waals surface area contributed by atoms with Gasteiger partial charge in [0.2, 0.25) is 11.2 Å². The van der Waals surface area contributed by atoms with Crippen molar-refractivity contribution in [3.63, 3.8) is 0 Å². The summed E-state index contributed by atoms with van der Waals surface area (Å²) in [5, 5.41) is 7.14. The van der Waals surface area contributed by atoms with Gasteiger partial charge in [-0.1, -0.05) is 35.5 Å². The normalized spacial score (nSPS) is 22.8. The van der Waals surface area contributed by atoms with Crippen LogP contribution in [0.4, 0.5) is 17.6 Å². The number of halogens is 2. The Morgan fingerprint density at radius 3 is 1.80 bits per heavy atom. The third-order valence-electron chi connectivity index (χ3n) is 9.58. The number of hydrogen-bond acceptors (Lipinski definition) is 11. The lowest BCUT2D eigenvalue weighted by Crippen LogP contribution is -2.35. The standard InChI is InChI=1S/C22H27BrN4O2S.C11H14ClN3O2S.CH4/c23-17-3-1-15(2-4-17)16-5-10-27(11-6-16)22-25-19-9-14-30(28)20(19)21(26-22)24-18-7-12-29-13-8-18;12-11-14-8-3-6-18(16)9(8)10(15-11)13-7-1-4-17-5-2-7;/h1-4,16,18H,5-14H2,(H,24,25,26);7H,1-6H2,(H,13,14,15);1H4. The smallest absolute Gasteiger partial charge is 0.227 e. The van der Waals surface area contributed by atoms with E-state index in [1.54, 1.807) is 0 Å². The highest BCUT2D eigenvalue weighted by Gasteiger charge is 2.31. The number of fused-ring (bicyclic) bond motifs is 2. The van der Waals surface area contributed by atoms with Gasteiger partial charge in [0.1, 0.15) is 21.4 Å². The van der Waals surface area contributed by atoms with Crippen LogP contribution in [0.25, 0.3) is 0 Å². The molecular weight excluding hydrogens is 750 g/mol. The summed E-state index contributed by atoms with van der Waals surface area (Å²) in [6, 6.07) is 9.33. The Balaban J connectivity index is 0.000000188. The molecule has 5 aliphatic rings. The molecule has 2 unspecified atom stereocenters. The molecule has 2 aromatic heterocycles. The van der Waals surface area contributed by atoms with Crippen molar-refractivity contribution in [3.05, 3.63) is 51.0 Å². The van der Waals surface area contributed by atoms with E-state index < -0.39 is 21.6 Å². The van der Waals surface area contributed by atoms with Crippen LogP contribution in [0.15, 0.2) is 38.5 Å². The van der Waals surface area contributed by atoms with Gasteiger partial charge in [-0.15, -0.1) is 0 Å². The average molecular weight is 795 g/mol. The SMILES string of the molecule is C.O=S1CCc2nc(Cl)nc(NC3CCOCC3)c21.O=S1CCc2nc(N3CCC(c4ccc(Br)cc4)CC3)nc(NC3CCOCC3)c21. The predicted octanol–water partition coefficient (Wildman–Crippen LogP) is 5.90. The Morgan fingerprint density at radius 2 is 1.24 bits per heavy atom. The summed E-state index contributed by atoms with van der Waals surface area (Å²) in [7, 11) is -2.00. The Labute approximate surface area is 307 Å². The highest BCUT2D eigenvalue weighted by atomic mass is 79.9. The first-order chi connectivity index (χ1) is 23.4. The maximum atomic E-state index is 12.6. The molecule has 3 fully saturated rings. The van der Waals surface area contributed by atoms with Crippen molar-refractivity contribution >= 4 is 66.7 Å². The van der Waals surface area contributed by atoms with Gasteiger partial charge in [0.05, 0.1) is 33.0 Å². The van der Waals surface area contributed by atoms with Crippen LogP contribution in [-0.4, -0.2) is 91.5 Å². The van der Waals surface area contributed by atoms with Gasteiger partial charge in [0, 0.05) is 80.4 Å². The molecule has 2 N–H and O–H groups in total. The molecule has 266 valence electrons. The molecule has 0 saturated carbocycles. The van der Waals surface area contributed by atoms with Gasteiger partial charge in [0.25, 0.3) is 0 Å². The van der Waals surface area contributed by atoms with Crippen molar-refractivity contribution < 1.29 is 17.9 Å². The summed E-state index contributed by atoms with van der Waals surface area (Å²) >= 11 is 9.43. The zero-order valence-corrected chi connectivity index (χ0v) is 30.8. The summed E-state index contributed by atoms with van der Waals surface area (Å²) in [6.45, 7) is 4.93. The second kappa shape index (κ2) is 16.9. The zero-order valence-electron chi connectivity index (χ0n) is 26.8. The third kappa shape index (κ3) is 8.81. The molecule has 0 radical (unpaired) electrons. The molecule has 3 saturated heterocycles. The maximum absolute atomic E-state index is 12.6. The van der Waals surface area contributed by atoms with Crippen molar-refractivity contribution in [2.24, 2.45) is 0 Å². The van der Waals surface area contributed by atoms with Crippen LogP contribution >= 0.6 is 27.5 Å². The van der Waals surface area contributed by atoms with Crippen molar-refractivity contribution in [1.29, 1.82) is 0 Å². The summed E-state index contributed by atoms with van der Waals surface area (Å²) in [5.74, 6) is 4.07. The molecular formula is C34H45BrClN7O4S2. The van der Waals surface area contributed by atoms with Gasteiger partial charge in [0.15, 0.2) is 0 Å². The van der Waals surface area contributed by atoms with Crippen LogP contribution in [-0.2, 0) is 43.9 Å². The quantitative estimate of drug-likeness (QED) is 0.290. The number of piperidine rings is 1. The molecule has 2 atom stereocenters. The van der Waals surface area contributed by atoms with E-state index in [1.165, 1.54) is 5.56 Å². The van der Waals surface area contributed by atoms with Gasteiger partial charge in [-0.05, 0) is 73.7 Å². The molecule has 0 amide bonds. The molecule has 11 nitrogen and oxygen atoms in total. The number of nitrogens with one attached hydrogen (secondary N) is 2.